The number of hydrogen-bond acceptors (Lipinski definition) is 3. The Morgan fingerprint density at radius 2 is 1.39 bits per heavy atom. The normalized spacial score (nSPS) is 9.83. The van der Waals surface area contributed by atoms with Crippen LogP contribution in [0.2, 0.25) is 5.02 Å². The quantitative estimate of drug-likeness (QED) is 0.367. The van der Waals surface area contributed by atoms with Gasteiger partial charge in [0.25, 0.3) is 11.8 Å². The molecule has 5 nitrogen and oxygen atoms in total. The summed E-state index contributed by atoms with van der Waals surface area (Å²) in [5.74, 6) is -0.757. The van der Waals surface area contributed by atoms with E-state index in [-0.39, 0.29) is 11.0 Å². The van der Waals surface area contributed by atoms with E-state index in [0.717, 1.165) is 3.57 Å². The minimum Gasteiger partial charge on any atom is -0.298 e. The van der Waals surface area contributed by atoms with Crippen molar-refractivity contribution in [2.24, 2.45) is 0 Å². The molecule has 2 rings (SSSR count). The molecule has 8 heteroatoms. The van der Waals surface area contributed by atoms with Crippen LogP contribution in [0.4, 0.5) is 0 Å². The molecule has 3 N–H and O–H groups in total. The molecule has 0 spiro atoms. The number of halogens is 2. The molecule has 23 heavy (non-hydrogen) atoms. The third-order valence-corrected chi connectivity index (χ3v) is 3.90. The van der Waals surface area contributed by atoms with Gasteiger partial charge >= 0.3 is 0 Å². The predicted molar refractivity (Wildman–Crippen MR) is 101 cm³/mol. The maximum atomic E-state index is 12.0. The molecule has 0 atom stereocenters. The molecule has 0 aliphatic heterocycles. The van der Waals surface area contributed by atoms with Crippen LogP contribution in [0.3, 0.4) is 0 Å². The summed E-state index contributed by atoms with van der Waals surface area (Å²) in [7, 11) is 0. The van der Waals surface area contributed by atoms with Gasteiger partial charge in [0.05, 0.1) is 0 Å². The highest BCUT2D eigenvalue weighted by molar-refractivity contribution is 14.1. The summed E-state index contributed by atoms with van der Waals surface area (Å²) in [5.41, 5.74) is 5.75. The van der Waals surface area contributed by atoms with Crippen LogP contribution in [0.1, 0.15) is 20.7 Å². The SMILES string of the molecule is O=C(NNC(=S)NC(=O)c1ccc(I)cc1)c1ccc(Cl)cc1. The number of rotatable bonds is 2. The second kappa shape index (κ2) is 8.23. The van der Waals surface area contributed by atoms with Crippen LogP contribution < -0.4 is 16.2 Å². The van der Waals surface area contributed by atoms with Gasteiger partial charge in [-0.2, -0.15) is 0 Å². The number of carbonyl (C=O) groups excluding carboxylic acids is 2. The molecule has 118 valence electrons. The maximum Gasteiger partial charge on any atom is 0.269 e. The third kappa shape index (κ3) is 5.45. The summed E-state index contributed by atoms with van der Waals surface area (Å²) in [4.78, 5) is 23.8. The lowest BCUT2D eigenvalue weighted by molar-refractivity contribution is 0.0934. The van der Waals surface area contributed by atoms with Gasteiger partial charge in [-0.1, -0.05) is 11.6 Å². The monoisotopic (exact) mass is 459 g/mol. The fourth-order valence-corrected chi connectivity index (χ4v) is 2.22. The number of nitrogens with one attached hydrogen (secondary N) is 3. The molecule has 2 aromatic carbocycles. The fourth-order valence-electron chi connectivity index (χ4n) is 1.59. The molecule has 0 unspecified atom stereocenters. The molecule has 0 bridgehead atoms. The molecule has 2 amide bonds. The van der Waals surface area contributed by atoms with Crippen LogP contribution in [0.5, 0.6) is 0 Å². The Morgan fingerprint density at radius 1 is 0.870 bits per heavy atom. The zero-order chi connectivity index (χ0) is 16.8. The molecule has 0 aliphatic carbocycles. The highest BCUT2D eigenvalue weighted by Crippen LogP contribution is 2.09. The summed E-state index contributed by atoms with van der Waals surface area (Å²) in [5, 5.41) is 3.01. The van der Waals surface area contributed by atoms with E-state index in [1.807, 2.05) is 12.1 Å². The lowest BCUT2D eigenvalue weighted by Gasteiger charge is -2.11. The third-order valence-electron chi connectivity index (χ3n) is 2.73. The number of amides is 2. The molecule has 0 aliphatic rings. The Bertz CT molecular complexity index is 735. The van der Waals surface area contributed by atoms with Gasteiger partial charge in [-0.3, -0.25) is 25.8 Å². The summed E-state index contributed by atoms with van der Waals surface area (Å²) in [6.45, 7) is 0. The van der Waals surface area contributed by atoms with E-state index in [4.69, 9.17) is 23.8 Å². The zero-order valence-electron chi connectivity index (χ0n) is 11.6. The van der Waals surface area contributed by atoms with Crippen molar-refractivity contribution in [1.82, 2.24) is 16.2 Å². The van der Waals surface area contributed by atoms with Crippen molar-refractivity contribution >= 4 is 63.3 Å². The topological polar surface area (TPSA) is 70.2 Å². The average Bonchev–Trinajstić information content (AvgIpc) is 2.54. The van der Waals surface area contributed by atoms with Crippen LogP contribution in [0.25, 0.3) is 0 Å². The molecule has 0 heterocycles. The Morgan fingerprint density at radius 3 is 2.00 bits per heavy atom. The van der Waals surface area contributed by atoms with E-state index in [1.54, 1.807) is 36.4 Å². The second-order valence-corrected chi connectivity index (χ2v) is 6.47. The Labute approximate surface area is 156 Å². The highest BCUT2D eigenvalue weighted by atomic mass is 127. The van der Waals surface area contributed by atoms with Crippen molar-refractivity contribution in [3.8, 4) is 0 Å². The van der Waals surface area contributed by atoms with Gasteiger partial charge in [0.15, 0.2) is 5.11 Å². The van der Waals surface area contributed by atoms with Crippen molar-refractivity contribution in [2.45, 2.75) is 0 Å². The number of hydrogen-bond donors (Lipinski definition) is 3. The van der Waals surface area contributed by atoms with E-state index in [9.17, 15) is 9.59 Å². The Hall–Kier alpha value is -1.71. The molecule has 0 saturated heterocycles. The standard InChI is InChI=1S/C15H11ClIN3O2S/c16-11-5-1-10(2-6-11)14(22)19-20-15(23)18-13(21)9-3-7-12(17)8-4-9/h1-8H,(H,19,22)(H2,18,20,21,23). The van der Waals surface area contributed by atoms with Gasteiger partial charge < -0.3 is 0 Å². The van der Waals surface area contributed by atoms with E-state index in [0.29, 0.717) is 16.1 Å². The molecule has 2 aromatic rings. The van der Waals surface area contributed by atoms with Gasteiger partial charge in [-0.05, 0) is 83.3 Å². The van der Waals surface area contributed by atoms with Gasteiger partial charge in [-0.25, -0.2) is 0 Å². The number of carbonyl (C=O) groups is 2. The van der Waals surface area contributed by atoms with Crippen molar-refractivity contribution in [2.75, 3.05) is 0 Å². The molecule has 0 fully saturated rings. The summed E-state index contributed by atoms with van der Waals surface area (Å²) in [6, 6.07) is 13.4. The van der Waals surface area contributed by atoms with Crippen molar-refractivity contribution < 1.29 is 9.59 Å². The van der Waals surface area contributed by atoms with Crippen molar-refractivity contribution in [3.63, 3.8) is 0 Å². The zero-order valence-corrected chi connectivity index (χ0v) is 15.3. The largest absolute Gasteiger partial charge is 0.298 e. The summed E-state index contributed by atoms with van der Waals surface area (Å²) < 4.78 is 1.02. The van der Waals surface area contributed by atoms with Crippen LogP contribution in [0.15, 0.2) is 48.5 Å². The summed E-state index contributed by atoms with van der Waals surface area (Å²) in [6.07, 6.45) is 0. The molecular weight excluding hydrogens is 449 g/mol. The predicted octanol–water partition coefficient (Wildman–Crippen LogP) is 2.89. The Balaban J connectivity index is 1.85. The first-order valence-corrected chi connectivity index (χ1v) is 8.25. The van der Waals surface area contributed by atoms with Gasteiger partial charge in [0, 0.05) is 19.7 Å². The van der Waals surface area contributed by atoms with Crippen LogP contribution in [-0.4, -0.2) is 16.9 Å². The van der Waals surface area contributed by atoms with E-state index < -0.39 is 5.91 Å². The van der Waals surface area contributed by atoms with Gasteiger partial charge in [0.1, 0.15) is 0 Å². The van der Waals surface area contributed by atoms with E-state index in [1.165, 1.54) is 0 Å². The number of hydrazine groups is 1. The minimum atomic E-state index is -0.396. The number of thiocarbonyl (C=S) groups is 1. The summed E-state index contributed by atoms with van der Waals surface area (Å²) >= 11 is 12.9. The van der Waals surface area contributed by atoms with Crippen LogP contribution in [0, 0.1) is 3.57 Å². The number of benzene rings is 2. The molecule has 0 radical (unpaired) electrons. The fraction of sp³-hybridized carbons (Fsp3) is 0. The van der Waals surface area contributed by atoms with E-state index >= 15 is 0 Å². The lowest BCUT2D eigenvalue weighted by Crippen LogP contribution is -2.48. The van der Waals surface area contributed by atoms with Crippen molar-refractivity contribution in [3.05, 3.63) is 68.3 Å². The second-order valence-electron chi connectivity index (χ2n) is 4.38. The first-order valence-electron chi connectivity index (χ1n) is 6.38. The smallest absolute Gasteiger partial charge is 0.269 e. The molecule has 0 aromatic heterocycles. The van der Waals surface area contributed by atoms with Gasteiger partial charge in [0.2, 0.25) is 0 Å². The van der Waals surface area contributed by atoms with E-state index in [2.05, 4.69) is 38.8 Å². The first-order chi connectivity index (χ1) is 11.0. The molecule has 0 saturated carbocycles. The maximum absolute atomic E-state index is 12.0. The van der Waals surface area contributed by atoms with Crippen LogP contribution >= 0.6 is 46.4 Å². The average molecular weight is 460 g/mol. The minimum absolute atomic E-state index is 0.00383. The van der Waals surface area contributed by atoms with Crippen molar-refractivity contribution in [1.29, 1.82) is 0 Å². The van der Waals surface area contributed by atoms with Crippen LogP contribution in [-0.2, 0) is 0 Å². The molecular formula is C15H11ClIN3O2S. The van der Waals surface area contributed by atoms with Gasteiger partial charge in [-0.15, -0.1) is 0 Å². The Kier molecular flexibility index (Phi) is 6.31. The first kappa shape index (κ1) is 17.6. The highest BCUT2D eigenvalue weighted by Gasteiger charge is 2.09. The lowest BCUT2D eigenvalue weighted by atomic mass is 10.2.